The zero-order chi connectivity index (χ0) is 12.3. The highest BCUT2D eigenvalue weighted by Gasteiger charge is 2.15. The van der Waals surface area contributed by atoms with Gasteiger partial charge in [-0.1, -0.05) is 42.5 Å². The third-order valence-corrected chi connectivity index (χ3v) is 3.54. The number of hydrogen-bond acceptors (Lipinski definition) is 1. The highest BCUT2D eigenvalue weighted by molar-refractivity contribution is 14.1. The van der Waals surface area contributed by atoms with E-state index < -0.39 is 0 Å². The van der Waals surface area contributed by atoms with E-state index in [1.807, 2.05) is 0 Å². The van der Waals surface area contributed by atoms with Gasteiger partial charge in [-0.25, -0.2) is 0 Å². The summed E-state index contributed by atoms with van der Waals surface area (Å²) in [5.41, 5.74) is 2.67. The van der Waals surface area contributed by atoms with Crippen LogP contribution in [0.4, 0.5) is 0 Å². The fraction of sp³-hybridized carbons (Fsp3) is 0.200. The Morgan fingerprint density at radius 2 is 1.33 bits per heavy atom. The van der Waals surface area contributed by atoms with Crippen LogP contribution in [0.1, 0.15) is 17.2 Å². The van der Waals surface area contributed by atoms with Crippen molar-refractivity contribution in [1.82, 2.24) is 4.90 Å². The lowest BCUT2D eigenvalue weighted by Crippen LogP contribution is -2.20. The standard InChI is InChI=1S/C15H16IN.BrH/c1-17(2)15(12-6-4-3-5-7-12)13-8-10-14(16)11-9-13;/h3-11,15H,1-2H3;1H. The van der Waals surface area contributed by atoms with Gasteiger partial charge in [0.1, 0.15) is 0 Å². The van der Waals surface area contributed by atoms with Gasteiger partial charge in [-0.2, -0.15) is 0 Å². The van der Waals surface area contributed by atoms with Crippen LogP contribution in [0.15, 0.2) is 54.6 Å². The normalized spacial score (nSPS) is 12.0. The first-order valence-electron chi connectivity index (χ1n) is 5.65. The SMILES string of the molecule is Br.CN(C)C(c1ccccc1)c1ccc(I)cc1. The Morgan fingerprint density at radius 1 is 0.833 bits per heavy atom. The lowest BCUT2D eigenvalue weighted by Gasteiger charge is -2.25. The summed E-state index contributed by atoms with van der Waals surface area (Å²) in [5.74, 6) is 0. The minimum absolute atomic E-state index is 0. The summed E-state index contributed by atoms with van der Waals surface area (Å²) in [4.78, 5) is 2.25. The Morgan fingerprint density at radius 3 is 1.83 bits per heavy atom. The molecule has 0 aliphatic carbocycles. The van der Waals surface area contributed by atoms with Gasteiger partial charge >= 0.3 is 0 Å². The maximum Gasteiger partial charge on any atom is 0.0596 e. The number of rotatable bonds is 3. The second kappa shape index (κ2) is 7.26. The molecule has 2 rings (SSSR count). The quantitative estimate of drug-likeness (QED) is 0.663. The highest BCUT2D eigenvalue weighted by atomic mass is 127. The van der Waals surface area contributed by atoms with Crippen molar-refractivity contribution in [3.05, 3.63) is 69.3 Å². The molecule has 2 aromatic carbocycles. The van der Waals surface area contributed by atoms with Crippen LogP contribution in [-0.4, -0.2) is 19.0 Å². The lowest BCUT2D eigenvalue weighted by molar-refractivity contribution is 0.342. The first kappa shape index (κ1) is 15.7. The number of nitrogens with zero attached hydrogens (tertiary/aromatic N) is 1. The van der Waals surface area contributed by atoms with Crippen LogP contribution in [0.5, 0.6) is 0 Å². The van der Waals surface area contributed by atoms with Crippen LogP contribution in [0.2, 0.25) is 0 Å². The topological polar surface area (TPSA) is 3.24 Å². The Bertz CT molecular complexity index is 468. The molecule has 0 radical (unpaired) electrons. The average Bonchev–Trinajstić information content (AvgIpc) is 2.33. The number of benzene rings is 2. The molecule has 0 N–H and O–H groups in total. The molecule has 96 valence electrons. The van der Waals surface area contributed by atoms with E-state index in [4.69, 9.17) is 0 Å². The van der Waals surface area contributed by atoms with Crippen molar-refractivity contribution in [3.63, 3.8) is 0 Å². The maximum atomic E-state index is 2.34. The molecule has 0 fully saturated rings. The number of halogens is 2. The molecule has 0 aliphatic rings. The summed E-state index contributed by atoms with van der Waals surface area (Å²) in [6.45, 7) is 0. The Hall–Kier alpha value is -0.390. The van der Waals surface area contributed by atoms with Crippen molar-refractivity contribution in [2.75, 3.05) is 14.1 Å². The molecule has 0 spiro atoms. The van der Waals surface area contributed by atoms with Gasteiger partial charge in [0.2, 0.25) is 0 Å². The number of hydrogen-bond donors (Lipinski definition) is 0. The summed E-state index contributed by atoms with van der Waals surface area (Å²) < 4.78 is 1.27. The summed E-state index contributed by atoms with van der Waals surface area (Å²) in [6, 6.07) is 19.7. The second-order valence-electron chi connectivity index (χ2n) is 4.33. The van der Waals surface area contributed by atoms with E-state index in [0.717, 1.165) is 0 Å². The fourth-order valence-corrected chi connectivity index (χ4v) is 2.43. The molecule has 0 aliphatic heterocycles. The largest absolute Gasteiger partial charge is 0.299 e. The van der Waals surface area contributed by atoms with Gasteiger partial charge in [-0.15, -0.1) is 17.0 Å². The van der Waals surface area contributed by atoms with Crippen LogP contribution in [-0.2, 0) is 0 Å². The maximum absolute atomic E-state index is 2.34. The van der Waals surface area contributed by atoms with E-state index in [0.29, 0.717) is 6.04 Å². The van der Waals surface area contributed by atoms with Gasteiger partial charge in [0.15, 0.2) is 0 Å². The van der Waals surface area contributed by atoms with Gasteiger partial charge in [-0.3, -0.25) is 4.90 Å². The van der Waals surface area contributed by atoms with Crippen molar-refractivity contribution < 1.29 is 0 Å². The third-order valence-electron chi connectivity index (χ3n) is 2.82. The van der Waals surface area contributed by atoms with Crippen LogP contribution >= 0.6 is 39.6 Å². The molecule has 1 unspecified atom stereocenters. The minimum atomic E-state index is 0. The Balaban J connectivity index is 0.00000162. The van der Waals surface area contributed by atoms with E-state index >= 15 is 0 Å². The zero-order valence-corrected chi connectivity index (χ0v) is 14.4. The van der Waals surface area contributed by atoms with Crippen molar-refractivity contribution in [3.8, 4) is 0 Å². The van der Waals surface area contributed by atoms with Gasteiger partial charge in [-0.05, 0) is 59.9 Å². The predicted molar refractivity (Wildman–Crippen MR) is 91.5 cm³/mol. The van der Waals surface area contributed by atoms with E-state index in [1.54, 1.807) is 0 Å². The van der Waals surface area contributed by atoms with Crippen molar-refractivity contribution in [2.24, 2.45) is 0 Å². The van der Waals surface area contributed by atoms with Crippen molar-refractivity contribution in [2.45, 2.75) is 6.04 Å². The molecular formula is C15H17BrIN. The molecule has 0 saturated heterocycles. The van der Waals surface area contributed by atoms with Crippen LogP contribution in [0, 0.1) is 3.57 Å². The molecule has 1 nitrogen and oxygen atoms in total. The van der Waals surface area contributed by atoms with Crippen molar-refractivity contribution in [1.29, 1.82) is 0 Å². The molecule has 0 amide bonds. The van der Waals surface area contributed by atoms with E-state index in [-0.39, 0.29) is 17.0 Å². The molecule has 0 aromatic heterocycles. The Kier molecular flexibility index (Phi) is 6.32. The smallest absolute Gasteiger partial charge is 0.0596 e. The summed E-state index contributed by atoms with van der Waals surface area (Å²) in [5, 5.41) is 0. The van der Waals surface area contributed by atoms with E-state index in [2.05, 4.69) is 96.2 Å². The molecule has 0 saturated carbocycles. The molecule has 3 heteroatoms. The zero-order valence-electron chi connectivity index (χ0n) is 10.5. The van der Waals surface area contributed by atoms with Crippen LogP contribution < -0.4 is 0 Å². The van der Waals surface area contributed by atoms with Gasteiger partial charge in [0.25, 0.3) is 0 Å². The summed E-state index contributed by atoms with van der Waals surface area (Å²) in [6.07, 6.45) is 0. The van der Waals surface area contributed by atoms with Gasteiger partial charge in [0.05, 0.1) is 6.04 Å². The predicted octanol–water partition coefficient (Wildman–Crippen LogP) is 4.52. The van der Waals surface area contributed by atoms with E-state index in [1.165, 1.54) is 14.7 Å². The summed E-state index contributed by atoms with van der Waals surface area (Å²) in [7, 11) is 4.24. The molecule has 1 atom stereocenters. The summed E-state index contributed by atoms with van der Waals surface area (Å²) >= 11 is 2.34. The average molecular weight is 418 g/mol. The molecule has 18 heavy (non-hydrogen) atoms. The minimum Gasteiger partial charge on any atom is -0.299 e. The lowest BCUT2D eigenvalue weighted by atomic mass is 9.98. The fourth-order valence-electron chi connectivity index (χ4n) is 2.07. The van der Waals surface area contributed by atoms with E-state index in [9.17, 15) is 0 Å². The molecule has 2 aromatic rings. The first-order chi connectivity index (χ1) is 8.18. The molecular weight excluding hydrogens is 401 g/mol. The van der Waals surface area contributed by atoms with Gasteiger partial charge in [0, 0.05) is 3.57 Å². The molecule has 0 bridgehead atoms. The second-order valence-corrected chi connectivity index (χ2v) is 5.57. The van der Waals surface area contributed by atoms with Crippen molar-refractivity contribution >= 4 is 39.6 Å². The van der Waals surface area contributed by atoms with Crippen LogP contribution in [0.3, 0.4) is 0 Å². The molecule has 0 heterocycles. The third kappa shape index (κ3) is 3.80. The van der Waals surface area contributed by atoms with Crippen LogP contribution in [0.25, 0.3) is 0 Å². The van der Waals surface area contributed by atoms with Gasteiger partial charge < -0.3 is 0 Å². The highest BCUT2D eigenvalue weighted by Crippen LogP contribution is 2.26. The first-order valence-corrected chi connectivity index (χ1v) is 6.73. The monoisotopic (exact) mass is 417 g/mol. The Labute approximate surface area is 133 Å².